The van der Waals surface area contributed by atoms with Crippen molar-refractivity contribution in [2.24, 2.45) is 11.8 Å². The van der Waals surface area contributed by atoms with E-state index in [0.29, 0.717) is 24.4 Å². The molecule has 0 aliphatic heterocycles. The first-order valence-corrected chi connectivity index (χ1v) is 8.55. The van der Waals surface area contributed by atoms with Gasteiger partial charge in [0, 0.05) is 31.4 Å². The third-order valence-electron chi connectivity index (χ3n) is 4.72. The highest BCUT2D eigenvalue weighted by molar-refractivity contribution is 5.97. The standard InChI is InChI=1S/C19H25NO4/c1-13(21)20-12-15-4-9-17(10-5-15)19(24)16-7-2-14(3-8-16)6-11-18(22)23/h2-3,7-8,15,17H,4-6,9-12H2,1H3,(H,20,21)(H,22,23). The molecule has 1 aromatic rings. The fraction of sp³-hybridized carbons (Fsp3) is 0.526. The number of amides is 1. The SMILES string of the molecule is CC(=O)NCC1CCC(C(=O)c2ccc(CCC(=O)O)cc2)CC1. The number of aryl methyl sites for hydroxylation is 1. The van der Waals surface area contributed by atoms with Gasteiger partial charge in [0.05, 0.1) is 0 Å². The second-order valence-electron chi connectivity index (χ2n) is 6.61. The van der Waals surface area contributed by atoms with E-state index in [1.807, 2.05) is 24.3 Å². The van der Waals surface area contributed by atoms with Crippen molar-refractivity contribution in [2.45, 2.75) is 45.4 Å². The van der Waals surface area contributed by atoms with Crippen molar-refractivity contribution in [3.8, 4) is 0 Å². The Morgan fingerprint density at radius 3 is 2.25 bits per heavy atom. The fourth-order valence-corrected chi connectivity index (χ4v) is 3.24. The van der Waals surface area contributed by atoms with Gasteiger partial charge in [0.2, 0.25) is 5.91 Å². The van der Waals surface area contributed by atoms with Gasteiger partial charge in [0.25, 0.3) is 0 Å². The number of benzene rings is 1. The van der Waals surface area contributed by atoms with Crippen LogP contribution < -0.4 is 5.32 Å². The first kappa shape index (κ1) is 18.2. The summed E-state index contributed by atoms with van der Waals surface area (Å²) in [7, 11) is 0. The summed E-state index contributed by atoms with van der Waals surface area (Å²) in [6, 6.07) is 7.31. The molecule has 0 atom stereocenters. The summed E-state index contributed by atoms with van der Waals surface area (Å²) in [5, 5.41) is 11.6. The first-order valence-electron chi connectivity index (χ1n) is 8.55. The van der Waals surface area contributed by atoms with Gasteiger partial charge in [-0.25, -0.2) is 0 Å². The number of rotatable bonds is 7. The van der Waals surface area contributed by atoms with E-state index in [9.17, 15) is 14.4 Å². The van der Waals surface area contributed by atoms with Gasteiger partial charge in [-0.05, 0) is 43.6 Å². The van der Waals surface area contributed by atoms with E-state index in [-0.39, 0.29) is 24.0 Å². The molecule has 130 valence electrons. The van der Waals surface area contributed by atoms with Gasteiger partial charge in [-0.15, -0.1) is 0 Å². The molecule has 1 saturated carbocycles. The average molecular weight is 331 g/mol. The van der Waals surface area contributed by atoms with E-state index in [4.69, 9.17) is 5.11 Å². The zero-order valence-electron chi connectivity index (χ0n) is 14.1. The molecule has 1 aliphatic carbocycles. The highest BCUT2D eigenvalue weighted by atomic mass is 16.4. The monoisotopic (exact) mass is 331 g/mol. The second kappa shape index (κ2) is 8.62. The maximum Gasteiger partial charge on any atom is 0.303 e. The Hall–Kier alpha value is -2.17. The van der Waals surface area contributed by atoms with Crippen molar-refractivity contribution >= 4 is 17.7 Å². The molecule has 0 aromatic heterocycles. The summed E-state index contributed by atoms with van der Waals surface area (Å²) in [6.45, 7) is 2.23. The van der Waals surface area contributed by atoms with Crippen LogP contribution in [0.15, 0.2) is 24.3 Å². The zero-order valence-corrected chi connectivity index (χ0v) is 14.1. The molecule has 1 aliphatic rings. The number of carboxylic acids is 1. The smallest absolute Gasteiger partial charge is 0.303 e. The molecule has 5 nitrogen and oxygen atoms in total. The molecule has 5 heteroatoms. The lowest BCUT2D eigenvalue weighted by Crippen LogP contribution is -2.31. The van der Waals surface area contributed by atoms with Crippen LogP contribution in [-0.4, -0.2) is 29.3 Å². The number of carbonyl (C=O) groups excluding carboxylic acids is 2. The van der Waals surface area contributed by atoms with E-state index in [1.165, 1.54) is 6.92 Å². The lowest BCUT2D eigenvalue weighted by molar-refractivity contribution is -0.137. The number of carboxylic acid groups (broad SMARTS) is 1. The molecule has 2 N–H and O–H groups in total. The highest BCUT2D eigenvalue weighted by Crippen LogP contribution is 2.30. The van der Waals surface area contributed by atoms with Gasteiger partial charge in [0.15, 0.2) is 5.78 Å². The number of nitrogens with one attached hydrogen (secondary N) is 1. The third kappa shape index (κ3) is 5.48. The van der Waals surface area contributed by atoms with Gasteiger partial charge in [-0.3, -0.25) is 14.4 Å². The summed E-state index contributed by atoms with van der Waals surface area (Å²) in [4.78, 5) is 34.1. The van der Waals surface area contributed by atoms with Crippen LogP contribution in [0.25, 0.3) is 0 Å². The highest BCUT2D eigenvalue weighted by Gasteiger charge is 2.26. The van der Waals surface area contributed by atoms with Crippen molar-refractivity contribution < 1.29 is 19.5 Å². The largest absolute Gasteiger partial charge is 0.481 e. The normalized spacial score (nSPS) is 20.4. The van der Waals surface area contributed by atoms with Crippen LogP contribution in [0, 0.1) is 11.8 Å². The van der Waals surface area contributed by atoms with E-state index in [1.54, 1.807) is 0 Å². The zero-order chi connectivity index (χ0) is 17.5. The molecular weight excluding hydrogens is 306 g/mol. The minimum atomic E-state index is -0.814. The number of hydrogen-bond donors (Lipinski definition) is 2. The van der Waals surface area contributed by atoms with E-state index in [2.05, 4.69) is 5.32 Å². The molecule has 0 unspecified atom stereocenters. The molecule has 0 bridgehead atoms. The van der Waals surface area contributed by atoms with Crippen LogP contribution in [0.5, 0.6) is 0 Å². The third-order valence-corrected chi connectivity index (χ3v) is 4.72. The topological polar surface area (TPSA) is 83.5 Å². The summed E-state index contributed by atoms with van der Waals surface area (Å²) in [5.41, 5.74) is 1.65. The van der Waals surface area contributed by atoms with Crippen molar-refractivity contribution in [3.63, 3.8) is 0 Å². The van der Waals surface area contributed by atoms with Crippen molar-refractivity contribution in [1.29, 1.82) is 0 Å². The number of ketones is 1. The molecule has 0 spiro atoms. The minimum absolute atomic E-state index is 0.00353. The molecule has 0 heterocycles. The van der Waals surface area contributed by atoms with Crippen molar-refractivity contribution in [2.75, 3.05) is 6.54 Å². The molecule has 0 radical (unpaired) electrons. The Bertz CT molecular complexity index is 586. The molecular formula is C19H25NO4. The predicted molar refractivity (Wildman–Crippen MR) is 90.9 cm³/mol. The predicted octanol–water partition coefficient (Wildman–Crippen LogP) is 2.83. The van der Waals surface area contributed by atoms with Gasteiger partial charge in [-0.1, -0.05) is 24.3 Å². The van der Waals surface area contributed by atoms with Crippen LogP contribution in [0.4, 0.5) is 0 Å². The summed E-state index contributed by atoms with van der Waals surface area (Å²) in [5.74, 6) is -0.111. The molecule has 24 heavy (non-hydrogen) atoms. The van der Waals surface area contributed by atoms with Gasteiger partial charge in [0.1, 0.15) is 0 Å². The molecule has 1 aromatic carbocycles. The van der Waals surface area contributed by atoms with Crippen LogP contribution in [-0.2, 0) is 16.0 Å². The lowest BCUT2D eigenvalue weighted by atomic mass is 9.78. The molecule has 1 amide bonds. The maximum atomic E-state index is 12.6. The van der Waals surface area contributed by atoms with Crippen LogP contribution in [0.3, 0.4) is 0 Å². The van der Waals surface area contributed by atoms with E-state index in [0.717, 1.165) is 31.2 Å². The Kier molecular flexibility index (Phi) is 6.53. The number of carbonyl (C=O) groups is 3. The number of hydrogen-bond acceptors (Lipinski definition) is 3. The average Bonchev–Trinajstić information content (AvgIpc) is 2.58. The second-order valence-corrected chi connectivity index (χ2v) is 6.61. The van der Waals surface area contributed by atoms with E-state index >= 15 is 0 Å². The summed E-state index contributed by atoms with van der Waals surface area (Å²) < 4.78 is 0. The van der Waals surface area contributed by atoms with Crippen LogP contribution in [0.2, 0.25) is 0 Å². The fourth-order valence-electron chi connectivity index (χ4n) is 3.24. The van der Waals surface area contributed by atoms with Gasteiger partial charge < -0.3 is 10.4 Å². The Balaban J connectivity index is 1.84. The van der Waals surface area contributed by atoms with E-state index < -0.39 is 5.97 Å². The first-order chi connectivity index (χ1) is 11.5. The Morgan fingerprint density at radius 2 is 1.71 bits per heavy atom. The maximum absolute atomic E-state index is 12.6. The number of Topliss-reactive ketones (excluding diaryl/α,β-unsaturated/α-hetero) is 1. The summed E-state index contributed by atoms with van der Waals surface area (Å²) >= 11 is 0. The van der Waals surface area contributed by atoms with Gasteiger partial charge in [-0.2, -0.15) is 0 Å². The Labute approximate surface area is 142 Å². The van der Waals surface area contributed by atoms with Crippen LogP contribution >= 0.6 is 0 Å². The lowest BCUT2D eigenvalue weighted by Gasteiger charge is -2.27. The summed E-state index contributed by atoms with van der Waals surface area (Å²) in [6.07, 6.45) is 4.25. The molecule has 1 fully saturated rings. The molecule has 2 rings (SSSR count). The van der Waals surface area contributed by atoms with Gasteiger partial charge >= 0.3 is 5.97 Å². The quantitative estimate of drug-likeness (QED) is 0.753. The van der Waals surface area contributed by atoms with Crippen LogP contribution in [0.1, 0.15) is 54.9 Å². The number of aliphatic carboxylic acids is 1. The Morgan fingerprint density at radius 1 is 1.08 bits per heavy atom. The molecule has 0 saturated heterocycles. The minimum Gasteiger partial charge on any atom is -0.481 e. The van der Waals surface area contributed by atoms with Crippen molar-refractivity contribution in [1.82, 2.24) is 5.32 Å². The van der Waals surface area contributed by atoms with Crippen molar-refractivity contribution in [3.05, 3.63) is 35.4 Å².